The number of aliphatic imine (C=N–C) groups is 2. The predicted octanol–water partition coefficient (Wildman–Crippen LogP) is 17.9. The van der Waals surface area contributed by atoms with Gasteiger partial charge in [-0.25, -0.2) is 0 Å². The Labute approximate surface area is 476 Å². The van der Waals surface area contributed by atoms with Crippen LogP contribution in [0.5, 0.6) is 0 Å². The van der Waals surface area contributed by atoms with Crippen LogP contribution in [-0.2, 0) is 46.1 Å². The molecule has 2 aromatic rings. The molecule has 0 aromatic heterocycles. The van der Waals surface area contributed by atoms with Gasteiger partial charge in [-0.2, -0.15) is 12.8 Å². The molecule has 0 bridgehead atoms. The molecule has 75 heavy (non-hydrogen) atoms. The zero-order chi connectivity index (χ0) is 54.4. The van der Waals surface area contributed by atoms with E-state index in [1.165, 1.54) is 140 Å². The molecule has 0 radical (unpaired) electrons. The first kappa shape index (κ1) is 71.1. The minimum absolute atomic E-state index is 0. The number of rotatable bonds is 30. The molecule has 0 unspecified atom stereocenters. The Kier molecular flexibility index (Phi) is 51.5. The van der Waals surface area contributed by atoms with E-state index in [1.54, 1.807) is 5.56 Å². The van der Waals surface area contributed by atoms with Crippen LogP contribution in [0.15, 0.2) is 34.3 Å². The minimum atomic E-state index is 0. The molecule has 0 spiro atoms. The first-order valence-corrected chi connectivity index (χ1v) is 28.3. The smallest absolute Gasteiger partial charge is 0.343 e. The second kappa shape index (κ2) is 54.3. The third-order valence-corrected chi connectivity index (χ3v) is 11.8. The van der Waals surface area contributed by atoms with E-state index in [0.29, 0.717) is 12.0 Å². The average molecular weight is 1090 g/mol. The predicted molar refractivity (Wildman–Crippen MR) is 327 cm³/mol. The van der Waals surface area contributed by atoms with Gasteiger partial charge in [0.25, 0.3) is 0 Å². The van der Waals surface area contributed by atoms with E-state index in [2.05, 4.69) is 187 Å². The second-order valence-electron chi connectivity index (χ2n) is 18.1. The minimum Gasteiger partial charge on any atom is -0.343 e. The summed E-state index contributed by atoms with van der Waals surface area (Å²) in [5.74, 6) is 48.1. The molecule has 0 saturated heterocycles. The van der Waals surface area contributed by atoms with Gasteiger partial charge in [0.05, 0.1) is 17.1 Å². The van der Waals surface area contributed by atoms with Crippen LogP contribution in [0.4, 0.5) is 11.4 Å². The number of terminal acetylenes is 2. The summed E-state index contributed by atoms with van der Waals surface area (Å²) in [7, 11) is 0. The number of benzene rings is 2. The Bertz CT molecular complexity index is 2550. The van der Waals surface area contributed by atoms with Gasteiger partial charge in [-0.3, -0.25) is 9.98 Å². The third-order valence-electron chi connectivity index (χ3n) is 11.8. The van der Waals surface area contributed by atoms with Gasteiger partial charge < -0.3 is 13.8 Å². The largest absolute Gasteiger partial charge is 2.00 e. The number of hydrogen-bond donors (Lipinski definition) is 0. The number of unbranched alkanes of at least 4 members (excludes halogenated alkanes) is 18. The van der Waals surface area contributed by atoms with E-state index in [9.17, 15) is 0 Å². The van der Waals surface area contributed by atoms with Crippen LogP contribution in [0.2, 0.25) is 0 Å². The fourth-order valence-electron chi connectivity index (χ4n) is 7.65. The molecule has 0 aliphatic rings. The summed E-state index contributed by atoms with van der Waals surface area (Å²) in [4.78, 5) is 10.1. The van der Waals surface area contributed by atoms with Crippen LogP contribution >= 0.6 is 0 Å². The molecule has 3 heteroatoms. The maximum absolute atomic E-state index is 5.14. The summed E-state index contributed by atoms with van der Waals surface area (Å²) in [6, 6.07) is 8.66. The van der Waals surface area contributed by atoms with Crippen molar-refractivity contribution in [1.29, 1.82) is 0 Å². The normalized spacial score (nSPS) is 9.45. The van der Waals surface area contributed by atoms with Crippen LogP contribution in [0, 0.1) is 133 Å². The van der Waals surface area contributed by atoms with E-state index in [-0.39, 0.29) is 20.4 Å². The van der Waals surface area contributed by atoms with Crippen molar-refractivity contribution in [2.45, 2.75) is 235 Å². The standard InChI is InChI=1S/C53H50N2.C12H25.C7H15.Pd/c1-8-15-21-23-25-27-29-32-37-48-43-51(42-46(35-19-12-5)53(48)39-33-30-28-26-24-22-16-9-2)55-49(14-7)44-54-50-40-45(34-18-11-4)52(38-20-13-6)47(41-50)36-31-17-10-3;1-3-5-7-9-11-12-10-8-6-4-2;1-3-5-7-6-4-2;/h1-2,40-44H,10-14,17-20,31,34-36,38H2,3-7H3;1,3-12H2,2H3;1,3-7H2,2H3;/q;2*-1;+2. The molecule has 0 N–H and O–H groups in total. The van der Waals surface area contributed by atoms with Gasteiger partial charge in [0, 0.05) is 17.3 Å². The van der Waals surface area contributed by atoms with Gasteiger partial charge in [0.15, 0.2) is 0 Å². The topological polar surface area (TPSA) is 24.7 Å². The fourth-order valence-corrected chi connectivity index (χ4v) is 7.65. The molecule has 398 valence electrons. The van der Waals surface area contributed by atoms with Gasteiger partial charge in [-0.05, 0) is 199 Å². The van der Waals surface area contributed by atoms with Crippen molar-refractivity contribution in [1.82, 2.24) is 0 Å². The molecule has 0 fully saturated rings. The molecule has 0 atom stereocenters. The summed E-state index contributed by atoms with van der Waals surface area (Å²) >= 11 is 0. The van der Waals surface area contributed by atoms with Crippen LogP contribution in [0.25, 0.3) is 0 Å². The molecule has 2 aromatic carbocycles. The average Bonchev–Trinajstić information content (AvgIpc) is 3.41. The monoisotopic (exact) mass is 1090 g/mol. The Balaban J connectivity index is 0. The number of nitrogens with zero attached hydrogens (tertiary/aromatic N) is 2. The molecular weight excluding hydrogens is 999 g/mol. The van der Waals surface area contributed by atoms with Gasteiger partial charge in [-0.15, -0.1) is 12.8 Å². The molecule has 0 heterocycles. The Morgan fingerprint density at radius 3 is 1.29 bits per heavy atom. The summed E-state index contributed by atoms with van der Waals surface area (Å²) in [5, 5.41) is 0. The Hall–Kier alpha value is -5.96. The maximum Gasteiger partial charge on any atom is 2.00 e. The van der Waals surface area contributed by atoms with Crippen LogP contribution in [0.3, 0.4) is 0 Å². The molecule has 0 aliphatic carbocycles. The van der Waals surface area contributed by atoms with Crippen molar-refractivity contribution in [3.8, 4) is 119 Å². The van der Waals surface area contributed by atoms with Gasteiger partial charge >= 0.3 is 20.4 Å². The molecule has 0 aliphatic heterocycles. The fraction of sp³-hybridized carbons (Fsp3) is 0.500. The van der Waals surface area contributed by atoms with Crippen molar-refractivity contribution >= 4 is 23.3 Å². The van der Waals surface area contributed by atoms with E-state index in [1.807, 2.05) is 12.3 Å². The van der Waals surface area contributed by atoms with E-state index < -0.39 is 0 Å². The first-order valence-electron chi connectivity index (χ1n) is 28.3. The van der Waals surface area contributed by atoms with E-state index in [0.717, 1.165) is 79.6 Å². The van der Waals surface area contributed by atoms with Crippen molar-refractivity contribution in [2.75, 3.05) is 0 Å². The molecule has 0 saturated carbocycles. The van der Waals surface area contributed by atoms with Gasteiger partial charge in [-0.1, -0.05) is 176 Å². The molecular formula is C72H90N2Pd. The zero-order valence-corrected chi connectivity index (χ0v) is 49.2. The summed E-state index contributed by atoms with van der Waals surface area (Å²) in [6.07, 6.45) is 47.8. The van der Waals surface area contributed by atoms with Crippen LogP contribution in [-0.4, -0.2) is 11.9 Å². The van der Waals surface area contributed by atoms with Crippen molar-refractivity contribution in [2.24, 2.45) is 9.98 Å². The quantitative estimate of drug-likeness (QED) is 0.0245. The van der Waals surface area contributed by atoms with Gasteiger partial charge in [0.2, 0.25) is 0 Å². The SMILES string of the molecule is C#CC#CC#CC#CC#Cc1cc(N=C(C=Nc2cc(CCCC)c(CCCC)c(CCCCC)c2)CC)cc(CCCC)c1C#CC#CC#CC#CC#C.[CH2-]CCCCCC.[CH2-]CCCCCCCCCCC.[Pd+2]. The molecule has 2 nitrogen and oxygen atoms in total. The zero-order valence-electron chi connectivity index (χ0n) is 47.7. The Morgan fingerprint density at radius 1 is 0.427 bits per heavy atom. The first-order chi connectivity index (χ1) is 36.4. The molecule has 0 amide bonds. The van der Waals surface area contributed by atoms with Crippen molar-refractivity contribution < 1.29 is 20.4 Å². The van der Waals surface area contributed by atoms with Gasteiger partial charge in [0.1, 0.15) is 0 Å². The summed E-state index contributed by atoms with van der Waals surface area (Å²) in [6.45, 7) is 23.2. The van der Waals surface area contributed by atoms with E-state index in [4.69, 9.17) is 22.8 Å². The Morgan fingerprint density at radius 2 is 0.813 bits per heavy atom. The van der Waals surface area contributed by atoms with Crippen LogP contribution in [0.1, 0.15) is 242 Å². The maximum atomic E-state index is 5.14. The van der Waals surface area contributed by atoms with Crippen molar-refractivity contribution in [3.05, 3.63) is 71.5 Å². The van der Waals surface area contributed by atoms with Crippen molar-refractivity contribution in [3.63, 3.8) is 0 Å². The number of hydrogen-bond acceptors (Lipinski definition) is 2. The van der Waals surface area contributed by atoms with Crippen LogP contribution < -0.4 is 0 Å². The van der Waals surface area contributed by atoms with E-state index >= 15 is 0 Å². The third kappa shape index (κ3) is 39.2. The number of aryl methyl sites for hydroxylation is 3. The molecule has 2 rings (SSSR count). The second-order valence-corrected chi connectivity index (χ2v) is 18.1. The summed E-state index contributed by atoms with van der Waals surface area (Å²) < 4.78 is 0. The summed E-state index contributed by atoms with van der Waals surface area (Å²) in [5.41, 5.74) is 9.65.